The Labute approximate surface area is 206 Å². The van der Waals surface area contributed by atoms with Crippen LogP contribution < -0.4 is 0 Å². The summed E-state index contributed by atoms with van der Waals surface area (Å²) >= 11 is 13.7. The molecule has 0 fully saturated rings. The van der Waals surface area contributed by atoms with Crippen molar-refractivity contribution in [1.82, 2.24) is 9.97 Å². The predicted octanol–water partition coefficient (Wildman–Crippen LogP) is 7.58. The third-order valence-corrected chi connectivity index (χ3v) is 6.53. The highest BCUT2D eigenvalue weighted by Gasteiger charge is 2.32. The molecule has 2 heterocycles. The van der Waals surface area contributed by atoms with Crippen molar-refractivity contribution in [3.8, 4) is 21.8 Å². The van der Waals surface area contributed by atoms with Crippen molar-refractivity contribution in [3.63, 3.8) is 0 Å². The van der Waals surface area contributed by atoms with Gasteiger partial charge < -0.3 is 9.84 Å². The molecule has 33 heavy (non-hydrogen) atoms. The third kappa shape index (κ3) is 5.04. The molecule has 8 heteroatoms. The summed E-state index contributed by atoms with van der Waals surface area (Å²) in [5.74, 6) is -1.05. The number of hydrogen-bond acceptors (Lipinski definition) is 5. The van der Waals surface area contributed by atoms with Crippen LogP contribution in [0.5, 0.6) is 0 Å². The van der Waals surface area contributed by atoms with Gasteiger partial charge in [0.1, 0.15) is 15.9 Å². The van der Waals surface area contributed by atoms with E-state index in [1.807, 2.05) is 58.0 Å². The molecular formula is C25H22Cl2N2O3S. The van der Waals surface area contributed by atoms with E-state index in [1.165, 1.54) is 11.3 Å². The quantitative estimate of drug-likeness (QED) is 0.286. The van der Waals surface area contributed by atoms with E-state index in [1.54, 1.807) is 18.2 Å². The van der Waals surface area contributed by atoms with E-state index in [2.05, 4.69) is 4.98 Å². The number of aliphatic carboxylic acids is 1. The Bertz CT molecular complexity index is 1340. The van der Waals surface area contributed by atoms with E-state index >= 15 is 0 Å². The monoisotopic (exact) mass is 500 g/mol. The van der Waals surface area contributed by atoms with Crippen molar-refractivity contribution in [1.29, 1.82) is 0 Å². The summed E-state index contributed by atoms with van der Waals surface area (Å²) in [4.78, 5) is 21.6. The lowest BCUT2D eigenvalue weighted by Crippen LogP contribution is -2.28. The molecule has 5 nitrogen and oxygen atoms in total. The Hall–Kier alpha value is -2.51. The van der Waals surface area contributed by atoms with Crippen LogP contribution in [0.15, 0.2) is 48.5 Å². The first-order chi connectivity index (χ1) is 15.5. The fourth-order valence-electron chi connectivity index (χ4n) is 3.68. The first-order valence-electron chi connectivity index (χ1n) is 10.3. The molecule has 0 aliphatic heterocycles. The number of ether oxygens (including phenoxy) is 1. The Balaban J connectivity index is 2.04. The third-order valence-electron chi connectivity index (χ3n) is 4.95. The van der Waals surface area contributed by atoms with Crippen LogP contribution >= 0.6 is 34.5 Å². The second-order valence-electron chi connectivity index (χ2n) is 8.65. The van der Waals surface area contributed by atoms with Gasteiger partial charge in [-0.25, -0.2) is 14.8 Å². The second kappa shape index (κ2) is 9.03. The number of rotatable bonds is 5. The largest absolute Gasteiger partial charge is 0.479 e. The van der Waals surface area contributed by atoms with Gasteiger partial charge in [-0.15, -0.1) is 11.3 Å². The fourth-order valence-corrected chi connectivity index (χ4v) is 5.06. The molecule has 0 amide bonds. The van der Waals surface area contributed by atoms with Gasteiger partial charge in [0.15, 0.2) is 6.10 Å². The average Bonchev–Trinajstić information content (AvgIpc) is 3.15. The van der Waals surface area contributed by atoms with E-state index in [4.69, 9.17) is 32.9 Å². The molecule has 1 unspecified atom stereocenters. The minimum atomic E-state index is -1.16. The van der Waals surface area contributed by atoms with E-state index in [9.17, 15) is 9.90 Å². The molecular weight excluding hydrogens is 479 g/mol. The van der Waals surface area contributed by atoms with Crippen molar-refractivity contribution >= 4 is 50.7 Å². The highest BCUT2D eigenvalue weighted by atomic mass is 35.5. The Morgan fingerprint density at radius 3 is 2.39 bits per heavy atom. The first-order valence-corrected chi connectivity index (χ1v) is 11.8. The minimum absolute atomic E-state index is 0.381. The Morgan fingerprint density at radius 1 is 1.09 bits per heavy atom. The van der Waals surface area contributed by atoms with Gasteiger partial charge in [-0.1, -0.05) is 41.4 Å². The number of carbonyl (C=O) groups is 1. The van der Waals surface area contributed by atoms with Crippen molar-refractivity contribution in [2.75, 3.05) is 0 Å². The van der Waals surface area contributed by atoms with E-state index in [-0.39, 0.29) is 0 Å². The number of benzene rings is 2. The highest BCUT2D eigenvalue weighted by molar-refractivity contribution is 7.22. The van der Waals surface area contributed by atoms with Crippen LogP contribution in [0.2, 0.25) is 10.2 Å². The molecule has 0 radical (unpaired) electrons. The Kier molecular flexibility index (Phi) is 6.47. The van der Waals surface area contributed by atoms with Crippen molar-refractivity contribution in [2.24, 2.45) is 0 Å². The topological polar surface area (TPSA) is 72.3 Å². The van der Waals surface area contributed by atoms with Crippen molar-refractivity contribution in [2.45, 2.75) is 39.4 Å². The zero-order chi connectivity index (χ0) is 23.9. The number of fused-ring (bicyclic) bond motifs is 1. The molecule has 0 saturated heterocycles. The molecule has 1 atom stereocenters. The number of carboxylic acids is 1. The number of carboxylic acid groups (broad SMARTS) is 1. The Morgan fingerprint density at radius 2 is 1.79 bits per heavy atom. The number of aryl methyl sites for hydroxylation is 1. The normalized spacial score (nSPS) is 12.8. The van der Waals surface area contributed by atoms with Crippen molar-refractivity contribution < 1.29 is 14.6 Å². The maximum atomic E-state index is 12.4. The summed E-state index contributed by atoms with van der Waals surface area (Å²) in [5, 5.41) is 11.8. The summed E-state index contributed by atoms with van der Waals surface area (Å²) in [5.41, 5.74) is 3.73. The van der Waals surface area contributed by atoms with Gasteiger partial charge >= 0.3 is 5.97 Å². The summed E-state index contributed by atoms with van der Waals surface area (Å²) < 4.78 is 6.88. The fraction of sp³-hybridized carbons (Fsp3) is 0.240. The molecule has 4 aromatic rings. The molecule has 0 spiro atoms. The maximum absolute atomic E-state index is 12.4. The molecule has 0 saturated carbocycles. The lowest BCUT2D eigenvalue weighted by molar-refractivity contribution is -0.160. The average molecular weight is 501 g/mol. The van der Waals surface area contributed by atoms with Gasteiger partial charge in [-0.05, 0) is 69.2 Å². The van der Waals surface area contributed by atoms with E-state index in [0.29, 0.717) is 26.4 Å². The number of thiazole rings is 1. The summed E-state index contributed by atoms with van der Waals surface area (Å²) in [7, 11) is 0. The number of aromatic nitrogens is 2. The molecule has 170 valence electrons. The summed E-state index contributed by atoms with van der Waals surface area (Å²) in [6.45, 7) is 7.41. The molecule has 2 aromatic heterocycles. The maximum Gasteiger partial charge on any atom is 0.337 e. The van der Waals surface area contributed by atoms with Crippen molar-refractivity contribution in [3.05, 3.63) is 69.8 Å². The number of halogens is 2. The van der Waals surface area contributed by atoms with Crippen LogP contribution in [0.3, 0.4) is 0 Å². The van der Waals surface area contributed by atoms with Crippen LogP contribution in [0, 0.1) is 6.92 Å². The number of nitrogens with zero attached hydrogens (tertiary/aromatic N) is 2. The second-order valence-corrected chi connectivity index (χ2v) is 10.5. The van der Waals surface area contributed by atoms with Crippen LogP contribution in [0.1, 0.15) is 38.0 Å². The first kappa shape index (κ1) is 23.6. The summed E-state index contributed by atoms with van der Waals surface area (Å²) in [6, 6.07) is 14.6. The SMILES string of the molecule is Cc1cc2nc(-c3cccc(Cl)n3)sc2c(-c2ccc(Cl)cc2)c1C(OC(C)(C)C)C(=O)O. The summed E-state index contributed by atoms with van der Waals surface area (Å²) in [6.07, 6.45) is -1.16. The van der Waals surface area contributed by atoms with Gasteiger partial charge in [-0.3, -0.25) is 0 Å². The number of pyridine rings is 1. The molecule has 0 aliphatic carbocycles. The van der Waals surface area contributed by atoms with Gasteiger partial charge in [0.25, 0.3) is 0 Å². The van der Waals surface area contributed by atoms with Crippen LogP contribution in [-0.4, -0.2) is 26.6 Å². The zero-order valence-corrected chi connectivity index (χ0v) is 20.8. The lowest BCUT2D eigenvalue weighted by Gasteiger charge is -2.28. The number of hydrogen-bond donors (Lipinski definition) is 1. The molecule has 0 bridgehead atoms. The van der Waals surface area contributed by atoms with Gasteiger partial charge in [0.2, 0.25) is 0 Å². The molecule has 2 aromatic carbocycles. The van der Waals surface area contributed by atoms with Gasteiger partial charge in [0.05, 0.1) is 15.8 Å². The van der Waals surface area contributed by atoms with E-state index in [0.717, 1.165) is 26.9 Å². The molecule has 4 rings (SSSR count). The van der Waals surface area contributed by atoms with E-state index < -0.39 is 17.7 Å². The zero-order valence-electron chi connectivity index (χ0n) is 18.5. The van der Waals surface area contributed by atoms with Gasteiger partial charge in [-0.2, -0.15) is 0 Å². The smallest absolute Gasteiger partial charge is 0.337 e. The minimum Gasteiger partial charge on any atom is -0.479 e. The van der Waals surface area contributed by atoms with Crippen LogP contribution in [-0.2, 0) is 9.53 Å². The highest BCUT2D eigenvalue weighted by Crippen LogP contribution is 2.44. The molecule has 0 aliphatic rings. The molecule has 1 N–H and O–H groups in total. The lowest BCUT2D eigenvalue weighted by atomic mass is 9.91. The van der Waals surface area contributed by atoms with Crippen LogP contribution in [0.25, 0.3) is 32.0 Å². The van der Waals surface area contributed by atoms with Crippen LogP contribution in [0.4, 0.5) is 0 Å². The standard InChI is InChI=1S/C25H22Cl2N2O3S/c1-13-12-17-22(33-23(29-17)16-6-5-7-18(27)28-16)20(14-8-10-15(26)11-9-14)19(13)21(24(30)31)32-25(2,3)4/h5-12,21H,1-4H3,(H,30,31). The predicted molar refractivity (Wildman–Crippen MR) is 134 cm³/mol. The van der Waals surface area contributed by atoms with Gasteiger partial charge in [0, 0.05) is 16.1 Å².